The monoisotopic (exact) mass is 571 g/mol. The van der Waals surface area contributed by atoms with Crippen LogP contribution in [0.15, 0.2) is 83.8 Å². The van der Waals surface area contributed by atoms with Gasteiger partial charge in [-0.1, -0.05) is 48.9 Å². The van der Waals surface area contributed by atoms with E-state index in [4.69, 9.17) is 16.3 Å². The zero-order valence-electron chi connectivity index (χ0n) is 22.3. The second-order valence-corrected chi connectivity index (χ2v) is 11.2. The molecule has 3 aromatic rings. The van der Waals surface area contributed by atoms with Gasteiger partial charge in [-0.25, -0.2) is 8.42 Å². The number of benzene rings is 3. The first-order valence-electron chi connectivity index (χ1n) is 12.8. The first kappa shape index (κ1) is 30.0. The van der Waals surface area contributed by atoms with E-state index in [0.717, 1.165) is 10.7 Å². The van der Waals surface area contributed by atoms with Gasteiger partial charge in [-0.3, -0.25) is 13.9 Å². The van der Waals surface area contributed by atoms with Crippen LogP contribution in [-0.2, 0) is 26.2 Å². The van der Waals surface area contributed by atoms with Crippen LogP contribution in [0, 0.1) is 0 Å². The van der Waals surface area contributed by atoms with Crippen molar-refractivity contribution in [2.75, 3.05) is 24.0 Å². The van der Waals surface area contributed by atoms with Gasteiger partial charge in [-0.05, 0) is 74.4 Å². The minimum Gasteiger partial charge on any atom is -0.494 e. The average Bonchev–Trinajstić information content (AvgIpc) is 2.94. The molecule has 0 aliphatic carbocycles. The number of anilines is 1. The molecular formula is C29H34ClN3O5S. The molecule has 0 radical (unpaired) electrons. The molecule has 0 saturated heterocycles. The zero-order valence-corrected chi connectivity index (χ0v) is 23.9. The van der Waals surface area contributed by atoms with Crippen molar-refractivity contribution in [3.8, 4) is 5.75 Å². The largest absolute Gasteiger partial charge is 0.494 e. The Labute approximate surface area is 235 Å². The highest BCUT2D eigenvalue weighted by atomic mass is 35.5. The number of nitrogens with one attached hydrogen (secondary N) is 1. The summed E-state index contributed by atoms with van der Waals surface area (Å²) in [5.74, 6) is -0.290. The van der Waals surface area contributed by atoms with E-state index < -0.39 is 28.5 Å². The van der Waals surface area contributed by atoms with E-state index in [2.05, 4.69) is 5.32 Å². The Kier molecular flexibility index (Phi) is 10.8. The fraction of sp³-hybridized carbons (Fsp3) is 0.310. The number of halogens is 1. The highest BCUT2D eigenvalue weighted by Gasteiger charge is 2.32. The molecule has 0 heterocycles. The fourth-order valence-electron chi connectivity index (χ4n) is 3.93. The molecule has 3 rings (SSSR count). The van der Waals surface area contributed by atoms with Crippen molar-refractivity contribution in [1.82, 2.24) is 10.2 Å². The molecule has 1 N–H and O–H groups in total. The predicted molar refractivity (Wildman–Crippen MR) is 153 cm³/mol. The van der Waals surface area contributed by atoms with Gasteiger partial charge in [0.05, 0.1) is 17.2 Å². The molecular weight excluding hydrogens is 538 g/mol. The maximum atomic E-state index is 13.9. The van der Waals surface area contributed by atoms with Gasteiger partial charge in [-0.2, -0.15) is 0 Å². The molecule has 0 saturated carbocycles. The molecule has 0 bridgehead atoms. The molecule has 3 aromatic carbocycles. The third kappa shape index (κ3) is 7.97. The van der Waals surface area contributed by atoms with Gasteiger partial charge in [0.25, 0.3) is 10.0 Å². The molecule has 0 aliphatic heterocycles. The Bertz CT molecular complexity index is 1350. The van der Waals surface area contributed by atoms with Gasteiger partial charge in [0.2, 0.25) is 11.8 Å². The van der Waals surface area contributed by atoms with Crippen LogP contribution < -0.4 is 14.4 Å². The van der Waals surface area contributed by atoms with E-state index >= 15 is 0 Å². The van der Waals surface area contributed by atoms with Crippen LogP contribution in [0.2, 0.25) is 5.02 Å². The minimum absolute atomic E-state index is 0.0433. The maximum Gasteiger partial charge on any atom is 0.264 e. The molecule has 0 spiro atoms. The Balaban J connectivity index is 2.01. The molecule has 2 amide bonds. The molecule has 1 atom stereocenters. The van der Waals surface area contributed by atoms with Crippen LogP contribution in [0.5, 0.6) is 5.75 Å². The quantitative estimate of drug-likeness (QED) is 0.315. The Morgan fingerprint density at radius 1 is 0.974 bits per heavy atom. The molecule has 39 heavy (non-hydrogen) atoms. The molecule has 0 aliphatic rings. The van der Waals surface area contributed by atoms with Gasteiger partial charge >= 0.3 is 0 Å². The number of carbonyl (C=O) groups excluding carboxylic acids is 2. The van der Waals surface area contributed by atoms with Crippen molar-refractivity contribution in [2.45, 2.75) is 44.7 Å². The van der Waals surface area contributed by atoms with Crippen LogP contribution in [0.25, 0.3) is 0 Å². The molecule has 8 nitrogen and oxygen atoms in total. The maximum absolute atomic E-state index is 13.9. The van der Waals surface area contributed by atoms with Gasteiger partial charge in [0, 0.05) is 18.1 Å². The minimum atomic E-state index is -4.12. The Morgan fingerprint density at radius 2 is 1.67 bits per heavy atom. The summed E-state index contributed by atoms with van der Waals surface area (Å²) >= 11 is 6.17. The first-order valence-corrected chi connectivity index (χ1v) is 14.6. The van der Waals surface area contributed by atoms with Crippen LogP contribution in [-0.4, -0.2) is 50.9 Å². The lowest BCUT2D eigenvalue weighted by Crippen LogP contribution is -2.51. The Hall–Kier alpha value is -3.56. The lowest BCUT2D eigenvalue weighted by Gasteiger charge is -2.32. The number of amides is 2. The first-order chi connectivity index (χ1) is 18.7. The molecule has 0 unspecified atom stereocenters. The standard InChI is InChI=1S/C29H34ClN3O5S/c1-4-18-31-29(35)22(3)32(20-23-10-9-11-24(30)19-23)28(34)21-33(25-14-16-26(17-15-25)38-5-2)39(36,37)27-12-7-6-8-13-27/h6-17,19,22H,4-5,18,20-21H2,1-3H3,(H,31,35)/t22-/m1/s1. The number of ether oxygens (including phenoxy) is 1. The van der Waals surface area contributed by atoms with Crippen molar-refractivity contribution < 1.29 is 22.7 Å². The SMILES string of the molecule is CCCNC(=O)[C@@H](C)N(Cc1cccc(Cl)c1)C(=O)CN(c1ccc(OCC)cc1)S(=O)(=O)c1ccccc1. The third-order valence-corrected chi connectivity index (χ3v) is 8.03. The highest BCUT2D eigenvalue weighted by Crippen LogP contribution is 2.26. The molecule has 10 heteroatoms. The summed E-state index contributed by atoms with van der Waals surface area (Å²) in [6.07, 6.45) is 0.738. The van der Waals surface area contributed by atoms with Crippen LogP contribution in [0.1, 0.15) is 32.8 Å². The lowest BCUT2D eigenvalue weighted by molar-refractivity contribution is -0.139. The average molecular weight is 572 g/mol. The van der Waals surface area contributed by atoms with Crippen molar-refractivity contribution in [3.05, 3.63) is 89.4 Å². The summed E-state index contributed by atoms with van der Waals surface area (Å²) in [5, 5.41) is 3.31. The van der Waals surface area contributed by atoms with Crippen molar-refractivity contribution in [3.63, 3.8) is 0 Å². The Morgan fingerprint density at radius 3 is 2.28 bits per heavy atom. The van der Waals surface area contributed by atoms with E-state index in [0.29, 0.717) is 35.2 Å². The normalized spacial score (nSPS) is 11.9. The smallest absolute Gasteiger partial charge is 0.264 e. The van der Waals surface area contributed by atoms with Gasteiger partial charge < -0.3 is 15.0 Å². The zero-order chi connectivity index (χ0) is 28.4. The lowest BCUT2D eigenvalue weighted by atomic mass is 10.1. The summed E-state index contributed by atoms with van der Waals surface area (Å²) in [6.45, 7) is 5.89. The topological polar surface area (TPSA) is 96.0 Å². The van der Waals surface area contributed by atoms with Gasteiger partial charge in [0.15, 0.2) is 0 Å². The molecule has 208 valence electrons. The van der Waals surface area contributed by atoms with Crippen molar-refractivity contribution in [1.29, 1.82) is 0 Å². The number of hydrogen-bond acceptors (Lipinski definition) is 5. The summed E-state index contributed by atoms with van der Waals surface area (Å²) in [7, 11) is -4.12. The summed E-state index contributed by atoms with van der Waals surface area (Å²) in [4.78, 5) is 28.2. The van der Waals surface area contributed by atoms with Crippen molar-refractivity contribution >= 4 is 39.1 Å². The van der Waals surface area contributed by atoms with E-state index in [1.807, 2.05) is 13.8 Å². The van der Waals surface area contributed by atoms with Crippen LogP contribution in [0.3, 0.4) is 0 Å². The molecule has 0 aromatic heterocycles. The van der Waals surface area contributed by atoms with Gasteiger partial charge in [0.1, 0.15) is 18.3 Å². The number of rotatable bonds is 13. The number of nitrogens with zero attached hydrogens (tertiary/aromatic N) is 2. The van der Waals surface area contributed by atoms with Crippen LogP contribution in [0.4, 0.5) is 5.69 Å². The van der Waals surface area contributed by atoms with Crippen LogP contribution >= 0.6 is 11.6 Å². The number of hydrogen-bond donors (Lipinski definition) is 1. The summed E-state index contributed by atoms with van der Waals surface area (Å²) in [6, 6.07) is 20.5. The van der Waals surface area contributed by atoms with E-state index in [-0.39, 0.29) is 17.3 Å². The van der Waals surface area contributed by atoms with Gasteiger partial charge in [-0.15, -0.1) is 0 Å². The number of sulfonamides is 1. The van der Waals surface area contributed by atoms with E-state index in [1.165, 1.54) is 17.0 Å². The van der Waals surface area contributed by atoms with Crippen molar-refractivity contribution in [2.24, 2.45) is 0 Å². The summed E-state index contributed by atoms with van der Waals surface area (Å²) in [5.41, 5.74) is 1.01. The predicted octanol–water partition coefficient (Wildman–Crippen LogP) is 4.88. The highest BCUT2D eigenvalue weighted by molar-refractivity contribution is 7.92. The van der Waals surface area contributed by atoms with E-state index in [1.54, 1.807) is 73.7 Å². The molecule has 0 fully saturated rings. The second-order valence-electron chi connectivity index (χ2n) is 8.87. The number of carbonyl (C=O) groups is 2. The third-order valence-electron chi connectivity index (χ3n) is 6.00. The summed E-state index contributed by atoms with van der Waals surface area (Å²) < 4.78 is 34.1. The second kappa shape index (κ2) is 14.0. The fourth-order valence-corrected chi connectivity index (χ4v) is 5.58. The van der Waals surface area contributed by atoms with E-state index in [9.17, 15) is 18.0 Å².